The number of hydrogen-bond acceptors (Lipinski definition) is 4. The normalized spacial score (nSPS) is 13.1. The molecule has 1 aromatic carbocycles. The minimum absolute atomic E-state index is 0.286. The summed E-state index contributed by atoms with van der Waals surface area (Å²) in [4.78, 5) is 4.29. The summed E-state index contributed by atoms with van der Waals surface area (Å²) in [5.74, 6) is 2.39. The average Bonchev–Trinajstić information content (AvgIpc) is 3.11. The highest BCUT2D eigenvalue weighted by Crippen LogP contribution is 2.14. The Morgan fingerprint density at radius 2 is 1.85 bits per heavy atom. The Morgan fingerprint density at radius 3 is 2.42 bits per heavy atom. The van der Waals surface area contributed by atoms with Gasteiger partial charge in [-0.05, 0) is 24.0 Å². The summed E-state index contributed by atoms with van der Waals surface area (Å²) < 4.78 is 5.36. The lowest BCUT2D eigenvalue weighted by atomic mass is 10.0. The standard InChI is InChI=1S/C20H31N5O/c1-14(2)18-11-17(26-25-18)12-22-20(21-5)23-13-19(15(3)4)24-16-9-7-6-8-10-16/h6-11,14-15,19,24H,12-13H2,1-5H3,(H2,21,22,23). The average molecular weight is 358 g/mol. The van der Waals surface area contributed by atoms with Crippen LogP contribution < -0.4 is 16.0 Å². The molecular formula is C20H31N5O. The van der Waals surface area contributed by atoms with E-state index in [9.17, 15) is 0 Å². The maximum atomic E-state index is 5.36. The van der Waals surface area contributed by atoms with E-state index in [1.807, 2.05) is 24.3 Å². The number of benzene rings is 1. The van der Waals surface area contributed by atoms with Crippen molar-refractivity contribution in [1.29, 1.82) is 0 Å². The van der Waals surface area contributed by atoms with Crippen molar-refractivity contribution in [2.24, 2.45) is 10.9 Å². The van der Waals surface area contributed by atoms with E-state index in [-0.39, 0.29) is 6.04 Å². The van der Waals surface area contributed by atoms with Crippen LogP contribution in [0.25, 0.3) is 0 Å². The molecule has 26 heavy (non-hydrogen) atoms. The van der Waals surface area contributed by atoms with Crippen molar-refractivity contribution in [2.45, 2.75) is 46.2 Å². The summed E-state index contributed by atoms with van der Waals surface area (Å²) in [5.41, 5.74) is 2.09. The van der Waals surface area contributed by atoms with Gasteiger partial charge < -0.3 is 20.5 Å². The Morgan fingerprint density at radius 1 is 1.12 bits per heavy atom. The molecule has 0 bridgehead atoms. The van der Waals surface area contributed by atoms with Crippen LogP contribution in [0.2, 0.25) is 0 Å². The van der Waals surface area contributed by atoms with E-state index < -0.39 is 0 Å². The molecule has 1 heterocycles. The zero-order chi connectivity index (χ0) is 18.9. The molecule has 0 aliphatic carbocycles. The van der Waals surface area contributed by atoms with Crippen LogP contribution in [0.3, 0.4) is 0 Å². The topological polar surface area (TPSA) is 74.5 Å². The molecule has 0 saturated carbocycles. The van der Waals surface area contributed by atoms with Crippen LogP contribution in [0, 0.1) is 5.92 Å². The zero-order valence-electron chi connectivity index (χ0n) is 16.4. The quantitative estimate of drug-likeness (QED) is 0.497. The molecule has 0 amide bonds. The van der Waals surface area contributed by atoms with E-state index in [4.69, 9.17) is 4.52 Å². The molecule has 3 N–H and O–H groups in total. The van der Waals surface area contributed by atoms with Gasteiger partial charge >= 0.3 is 0 Å². The van der Waals surface area contributed by atoms with Crippen molar-refractivity contribution < 1.29 is 4.52 Å². The Hall–Kier alpha value is -2.50. The summed E-state index contributed by atoms with van der Waals surface area (Å²) in [6.07, 6.45) is 0. The molecule has 0 fully saturated rings. The molecule has 1 aromatic heterocycles. The van der Waals surface area contributed by atoms with Crippen molar-refractivity contribution in [3.63, 3.8) is 0 Å². The smallest absolute Gasteiger partial charge is 0.191 e. The van der Waals surface area contributed by atoms with E-state index in [2.05, 4.69) is 65.9 Å². The minimum Gasteiger partial charge on any atom is -0.380 e. The Kier molecular flexibility index (Phi) is 7.51. The maximum absolute atomic E-state index is 5.36. The van der Waals surface area contributed by atoms with Crippen LogP contribution in [0.5, 0.6) is 0 Å². The van der Waals surface area contributed by atoms with Gasteiger partial charge in [0.1, 0.15) is 0 Å². The second-order valence-electron chi connectivity index (χ2n) is 7.04. The van der Waals surface area contributed by atoms with E-state index >= 15 is 0 Å². The van der Waals surface area contributed by atoms with E-state index in [0.717, 1.165) is 29.6 Å². The van der Waals surface area contributed by atoms with Crippen molar-refractivity contribution in [3.05, 3.63) is 47.9 Å². The van der Waals surface area contributed by atoms with E-state index in [0.29, 0.717) is 18.4 Å². The molecular weight excluding hydrogens is 326 g/mol. The van der Waals surface area contributed by atoms with Gasteiger partial charge in [0.25, 0.3) is 0 Å². The zero-order valence-corrected chi connectivity index (χ0v) is 16.4. The van der Waals surface area contributed by atoms with Crippen molar-refractivity contribution in [2.75, 3.05) is 18.9 Å². The molecule has 1 atom stereocenters. The number of aromatic nitrogens is 1. The van der Waals surface area contributed by atoms with Gasteiger partial charge in [-0.25, -0.2) is 0 Å². The van der Waals surface area contributed by atoms with E-state index in [1.165, 1.54) is 0 Å². The largest absolute Gasteiger partial charge is 0.380 e. The molecule has 142 valence electrons. The number of nitrogens with one attached hydrogen (secondary N) is 3. The number of nitrogens with zero attached hydrogens (tertiary/aromatic N) is 2. The third kappa shape index (κ3) is 6.10. The van der Waals surface area contributed by atoms with Gasteiger partial charge in [0.2, 0.25) is 0 Å². The fourth-order valence-corrected chi connectivity index (χ4v) is 2.48. The second kappa shape index (κ2) is 9.85. The molecule has 6 heteroatoms. The lowest BCUT2D eigenvalue weighted by Crippen LogP contribution is -2.44. The Bertz CT molecular complexity index is 679. The maximum Gasteiger partial charge on any atom is 0.191 e. The van der Waals surface area contributed by atoms with Gasteiger partial charge in [-0.15, -0.1) is 0 Å². The highest BCUT2D eigenvalue weighted by atomic mass is 16.5. The predicted molar refractivity (Wildman–Crippen MR) is 107 cm³/mol. The minimum atomic E-state index is 0.286. The van der Waals surface area contributed by atoms with Crippen LogP contribution in [-0.4, -0.2) is 30.8 Å². The molecule has 2 aromatic rings. The first-order chi connectivity index (χ1) is 12.5. The molecule has 6 nitrogen and oxygen atoms in total. The fourth-order valence-electron chi connectivity index (χ4n) is 2.48. The molecule has 0 saturated heterocycles. The van der Waals surface area contributed by atoms with Crippen molar-refractivity contribution in [3.8, 4) is 0 Å². The first-order valence-corrected chi connectivity index (χ1v) is 9.21. The van der Waals surface area contributed by atoms with Gasteiger partial charge in [0.15, 0.2) is 11.7 Å². The van der Waals surface area contributed by atoms with Crippen LogP contribution in [0.4, 0.5) is 5.69 Å². The molecule has 0 aliphatic rings. The number of guanidine groups is 1. The van der Waals surface area contributed by atoms with Crippen LogP contribution in [0.15, 0.2) is 45.9 Å². The lowest BCUT2D eigenvalue weighted by molar-refractivity contribution is 0.371. The summed E-state index contributed by atoms with van der Waals surface area (Å²) in [5, 5.41) is 14.3. The van der Waals surface area contributed by atoms with E-state index in [1.54, 1.807) is 7.05 Å². The van der Waals surface area contributed by atoms with Gasteiger partial charge in [-0.3, -0.25) is 4.99 Å². The third-order valence-corrected chi connectivity index (χ3v) is 4.24. The Labute approximate surface area is 156 Å². The number of hydrogen-bond donors (Lipinski definition) is 3. The molecule has 1 unspecified atom stereocenters. The first kappa shape index (κ1) is 19.8. The monoisotopic (exact) mass is 357 g/mol. The van der Waals surface area contributed by atoms with Gasteiger partial charge in [0.05, 0.1) is 12.2 Å². The van der Waals surface area contributed by atoms with Crippen molar-refractivity contribution >= 4 is 11.6 Å². The van der Waals surface area contributed by atoms with Crippen molar-refractivity contribution in [1.82, 2.24) is 15.8 Å². The summed E-state index contributed by atoms with van der Waals surface area (Å²) in [7, 11) is 1.77. The lowest BCUT2D eigenvalue weighted by Gasteiger charge is -2.25. The molecule has 0 radical (unpaired) electrons. The first-order valence-electron chi connectivity index (χ1n) is 9.21. The summed E-state index contributed by atoms with van der Waals surface area (Å²) in [6, 6.07) is 12.5. The van der Waals surface area contributed by atoms with Gasteiger partial charge in [0, 0.05) is 31.4 Å². The molecule has 0 aliphatic heterocycles. The number of para-hydroxylation sites is 1. The third-order valence-electron chi connectivity index (χ3n) is 4.24. The summed E-state index contributed by atoms with van der Waals surface area (Å²) >= 11 is 0. The predicted octanol–water partition coefficient (Wildman–Crippen LogP) is 3.60. The van der Waals surface area contributed by atoms with Crippen LogP contribution >= 0.6 is 0 Å². The number of anilines is 1. The summed E-state index contributed by atoms with van der Waals surface area (Å²) in [6.45, 7) is 9.93. The SMILES string of the molecule is CN=C(NCc1cc(C(C)C)no1)NCC(Nc1ccccc1)C(C)C. The Balaban J connectivity index is 1.85. The van der Waals surface area contributed by atoms with Crippen LogP contribution in [0.1, 0.15) is 45.1 Å². The second-order valence-corrected chi connectivity index (χ2v) is 7.04. The highest BCUT2D eigenvalue weighted by molar-refractivity contribution is 5.79. The van der Waals surface area contributed by atoms with Gasteiger partial charge in [-0.2, -0.15) is 0 Å². The molecule has 2 rings (SSSR count). The number of aliphatic imine (C=N–C) groups is 1. The fraction of sp³-hybridized carbons (Fsp3) is 0.500. The highest BCUT2D eigenvalue weighted by Gasteiger charge is 2.14. The number of rotatable bonds is 8. The van der Waals surface area contributed by atoms with Crippen LogP contribution in [-0.2, 0) is 6.54 Å². The molecule has 0 spiro atoms. The van der Waals surface area contributed by atoms with Gasteiger partial charge in [-0.1, -0.05) is 51.1 Å².